The summed E-state index contributed by atoms with van der Waals surface area (Å²) < 4.78 is 41.6. The number of nitrogens with zero attached hydrogens (tertiary/aromatic N) is 2. The third-order valence-electron chi connectivity index (χ3n) is 5.41. The van der Waals surface area contributed by atoms with Gasteiger partial charge < -0.3 is 20.0 Å². The first-order valence-electron chi connectivity index (χ1n) is 9.52. The van der Waals surface area contributed by atoms with Crippen molar-refractivity contribution >= 4 is 23.2 Å². The topological polar surface area (TPSA) is 64.0 Å². The SMILES string of the molecule is CCN(CC)CCN1C(=O)C(O)(c2ccccc2Cl)c2c1cc(O)cc2C(F)(F)F. The number of hydrogen-bond donors (Lipinski definition) is 2. The standard InChI is InChI=1S/C21H22ClF3N2O3/c1-3-26(4-2)9-10-27-17-12-13(28)11-15(21(23,24)25)18(17)20(30,19(27)29)14-7-5-6-8-16(14)22/h5-8,11-12,28,30H,3-4,9-10H2,1-2H3. The van der Waals surface area contributed by atoms with Gasteiger partial charge in [-0.1, -0.05) is 43.6 Å². The van der Waals surface area contributed by atoms with Gasteiger partial charge in [0.1, 0.15) is 5.75 Å². The molecule has 9 heteroatoms. The van der Waals surface area contributed by atoms with Crippen LogP contribution in [-0.4, -0.2) is 47.2 Å². The average Bonchev–Trinajstić information content (AvgIpc) is 2.89. The van der Waals surface area contributed by atoms with Crippen LogP contribution >= 0.6 is 11.6 Å². The number of alkyl halides is 3. The smallest absolute Gasteiger partial charge is 0.417 e. The van der Waals surface area contributed by atoms with Crippen LogP contribution in [0.3, 0.4) is 0 Å². The van der Waals surface area contributed by atoms with Crippen LogP contribution in [0.25, 0.3) is 0 Å². The van der Waals surface area contributed by atoms with Gasteiger partial charge in [-0.2, -0.15) is 13.2 Å². The Hall–Kier alpha value is -2.29. The lowest BCUT2D eigenvalue weighted by atomic mass is 9.84. The molecule has 3 rings (SSSR count). The lowest BCUT2D eigenvalue weighted by Gasteiger charge is -2.27. The van der Waals surface area contributed by atoms with Gasteiger partial charge in [-0.15, -0.1) is 0 Å². The van der Waals surface area contributed by atoms with E-state index < -0.39 is 34.6 Å². The van der Waals surface area contributed by atoms with Gasteiger partial charge in [0.25, 0.3) is 5.91 Å². The van der Waals surface area contributed by atoms with E-state index in [2.05, 4.69) is 0 Å². The minimum absolute atomic E-state index is 0.0360. The molecule has 0 aliphatic carbocycles. The maximum absolute atomic E-state index is 13.9. The molecule has 1 heterocycles. The van der Waals surface area contributed by atoms with E-state index in [-0.39, 0.29) is 22.8 Å². The Morgan fingerprint density at radius 2 is 1.80 bits per heavy atom. The molecule has 1 atom stereocenters. The van der Waals surface area contributed by atoms with E-state index in [4.69, 9.17) is 11.6 Å². The van der Waals surface area contributed by atoms with Gasteiger partial charge in [0, 0.05) is 35.3 Å². The molecule has 1 aliphatic heterocycles. The molecule has 1 amide bonds. The zero-order chi connectivity index (χ0) is 22.3. The summed E-state index contributed by atoms with van der Waals surface area (Å²) in [6.07, 6.45) is -4.91. The van der Waals surface area contributed by atoms with Crippen molar-refractivity contribution < 1.29 is 28.2 Å². The predicted molar refractivity (Wildman–Crippen MR) is 108 cm³/mol. The van der Waals surface area contributed by atoms with Gasteiger partial charge >= 0.3 is 6.18 Å². The Balaban J connectivity index is 2.25. The maximum Gasteiger partial charge on any atom is 0.417 e. The lowest BCUT2D eigenvalue weighted by Crippen LogP contribution is -2.44. The Morgan fingerprint density at radius 3 is 2.37 bits per heavy atom. The molecule has 162 valence electrons. The van der Waals surface area contributed by atoms with Gasteiger partial charge in [0.2, 0.25) is 0 Å². The number of carbonyl (C=O) groups is 1. The van der Waals surface area contributed by atoms with Gasteiger partial charge in [-0.3, -0.25) is 4.79 Å². The molecule has 0 spiro atoms. The molecule has 0 saturated carbocycles. The van der Waals surface area contributed by atoms with Gasteiger partial charge in [-0.05, 0) is 25.2 Å². The minimum Gasteiger partial charge on any atom is -0.508 e. The van der Waals surface area contributed by atoms with Crippen molar-refractivity contribution in [2.75, 3.05) is 31.1 Å². The number of fused-ring (bicyclic) bond motifs is 1. The van der Waals surface area contributed by atoms with Crippen LogP contribution in [0.1, 0.15) is 30.5 Å². The van der Waals surface area contributed by atoms with Crippen molar-refractivity contribution in [3.05, 3.63) is 58.1 Å². The fourth-order valence-electron chi connectivity index (χ4n) is 3.85. The average molecular weight is 443 g/mol. The zero-order valence-electron chi connectivity index (χ0n) is 16.5. The third kappa shape index (κ3) is 3.64. The molecule has 2 aromatic carbocycles. The van der Waals surface area contributed by atoms with E-state index >= 15 is 0 Å². The molecular weight excluding hydrogens is 421 g/mol. The largest absolute Gasteiger partial charge is 0.508 e. The number of phenolic OH excluding ortho intramolecular Hbond substituents is 1. The third-order valence-corrected chi connectivity index (χ3v) is 5.74. The first kappa shape index (κ1) is 22.4. The molecule has 2 aromatic rings. The fourth-order valence-corrected chi connectivity index (χ4v) is 4.12. The number of aliphatic hydroxyl groups is 1. The van der Waals surface area contributed by atoms with Gasteiger partial charge in [-0.25, -0.2) is 0 Å². The second-order valence-electron chi connectivity index (χ2n) is 7.06. The number of likely N-dealkylation sites (N-methyl/N-ethyl adjacent to an activating group) is 1. The van der Waals surface area contributed by atoms with Crippen LogP contribution in [0.15, 0.2) is 36.4 Å². The van der Waals surface area contributed by atoms with E-state index in [0.717, 1.165) is 11.0 Å². The summed E-state index contributed by atoms with van der Waals surface area (Å²) in [5.41, 5.74) is -4.85. The van der Waals surface area contributed by atoms with E-state index in [0.29, 0.717) is 25.7 Å². The van der Waals surface area contributed by atoms with Crippen molar-refractivity contribution in [2.45, 2.75) is 25.6 Å². The van der Waals surface area contributed by atoms with Crippen molar-refractivity contribution in [1.82, 2.24) is 4.90 Å². The molecule has 0 fully saturated rings. The monoisotopic (exact) mass is 442 g/mol. The van der Waals surface area contributed by atoms with Gasteiger partial charge in [0.15, 0.2) is 5.60 Å². The highest BCUT2D eigenvalue weighted by molar-refractivity contribution is 6.32. The summed E-state index contributed by atoms with van der Waals surface area (Å²) in [6, 6.07) is 7.34. The summed E-state index contributed by atoms with van der Waals surface area (Å²) in [5.74, 6) is -1.58. The van der Waals surface area contributed by atoms with Gasteiger partial charge in [0.05, 0.1) is 11.3 Å². The number of halogens is 4. The van der Waals surface area contributed by atoms with Crippen LogP contribution in [0.4, 0.5) is 18.9 Å². The molecule has 1 aliphatic rings. The quantitative estimate of drug-likeness (QED) is 0.710. The van der Waals surface area contributed by atoms with E-state index in [9.17, 15) is 28.2 Å². The zero-order valence-corrected chi connectivity index (χ0v) is 17.3. The van der Waals surface area contributed by atoms with Crippen LogP contribution < -0.4 is 4.90 Å². The number of benzene rings is 2. The highest BCUT2D eigenvalue weighted by Crippen LogP contribution is 2.52. The van der Waals surface area contributed by atoms with Crippen LogP contribution in [0, 0.1) is 0 Å². The summed E-state index contributed by atoms with van der Waals surface area (Å²) in [6.45, 7) is 5.66. The lowest BCUT2D eigenvalue weighted by molar-refractivity contribution is -0.142. The van der Waals surface area contributed by atoms with Crippen LogP contribution in [0.2, 0.25) is 5.02 Å². The molecule has 5 nitrogen and oxygen atoms in total. The first-order chi connectivity index (χ1) is 14.1. The number of anilines is 1. The fraction of sp³-hybridized carbons (Fsp3) is 0.381. The Kier molecular flexibility index (Phi) is 6.04. The number of hydrogen-bond acceptors (Lipinski definition) is 4. The summed E-state index contributed by atoms with van der Waals surface area (Å²) in [7, 11) is 0. The molecule has 1 unspecified atom stereocenters. The van der Waals surface area contributed by atoms with E-state index in [1.54, 1.807) is 6.07 Å². The molecule has 0 radical (unpaired) electrons. The van der Waals surface area contributed by atoms with Crippen molar-refractivity contribution in [3.63, 3.8) is 0 Å². The Bertz CT molecular complexity index is 963. The van der Waals surface area contributed by atoms with Crippen molar-refractivity contribution in [3.8, 4) is 5.75 Å². The molecule has 30 heavy (non-hydrogen) atoms. The minimum atomic E-state index is -4.91. The highest BCUT2D eigenvalue weighted by Gasteiger charge is 2.56. The van der Waals surface area contributed by atoms with Crippen LogP contribution in [-0.2, 0) is 16.6 Å². The second-order valence-corrected chi connectivity index (χ2v) is 7.47. The normalized spacial score (nSPS) is 18.9. The van der Waals surface area contributed by atoms with Crippen molar-refractivity contribution in [1.29, 1.82) is 0 Å². The number of aromatic hydroxyl groups is 1. The number of amides is 1. The molecule has 0 saturated heterocycles. The summed E-state index contributed by atoms with van der Waals surface area (Å²) >= 11 is 6.17. The van der Waals surface area contributed by atoms with E-state index in [1.807, 2.05) is 18.7 Å². The summed E-state index contributed by atoms with van der Waals surface area (Å²) in [5, 5.41) is 21.4. The number of carbonyl (C=O) groups excluding carboxylic acids is 1. The maximum atomic E-state index is 13.9. The number of rotatable bonds is 6. The molecule has 0 bridgehead atoms. The predicted octanol–water partition coefficient (Wildman–Crippen LogP) is 3.99. The highest BCUT2D eigenvalue weighted by atomic mass is 35.5. The van der Waals surface area contributed by atoms with Crippen LogP contribution in [0.5, 0.6) is 5.75 Å². The first-order valence-corrected chi connectivity index (χ1v) is 9.89. The molecule has 2 N–H and O–H groups in total. The van der Waals surface area contributed by atoms with Crippen molar-refractivity contribution in [2.24, 2.45) is 0 Å². The summed E-state index contributed by atoms with van der Waals surface area (Å²) in [4.78, 5) is 16.4. The molecular formula is C21H22ClF3N2O3. The second kappa shape index (κ2) is 8.09. The molecule has 0 aromatic heterocycles. The Morgan fingerprint density at radius 1 is 1.17 bits per heavy atom. The van der Waals surface area contributed by atoms with E-state index in [1.165, 1.54) is 18.2 Å². The number of phenols is 1. The Labute approximate surface area is 177 Å².